The van der Waals surface area contributed by atoms with E-state index >= 15 is 0 Å². The Labute approximate surface area is 204 Å². The van der Waals surface area contributed by atoms with Crippen molar-refractivity contribution in [3.8, 4) is 0 Å². The Hall–Kier alpha value is 0.722. The van der Waals surface area contributed by atoms with Crippen LogP contribution in [-0.2, 0) is 4.79 Å². The minimum absolute atomic E-state index is 0. The summed E-state index contributed by atoms with van der Waals surface area (Å²) in [6, 6.07) is 0. The van der Waals surface area contributed by atoms with E-state index in [-0.39, 0.29) is 37.0 Å². The number of hydrogen-bond donors (Lipinski definition) is 0. The maximum Gasteiger partial charge on any atom is 2.00 e. The van der Waals surface area contributed by atoms with Crippen LogP contribution in [0.5, 0.6) is 0 Å². The summed E-state index contributed by atoms with van der Waals surface area (Å²) in [6.07, 6.45) is 17.7. The molecule has 0 aromatic heterocycles. The van der Waals surface area contributed by atoms with E-state index in [1.807, 2.05) is 13.8 Å². The molecule has 28 heavy (non-hydrogen) atoms. The van der Waals surface area contributed by atoms with Gasteiger partial charge in [-0.1, -0.05) is 126 Å². The summed E-state index contributed by atoms with van der Waals surface area (Å²) in [4.78, 5) is 10.3. The second-order valence-corrected chi connectivity index (χ2v) is 8.68. The molecule has 0 N–H and O–H groups in total. The molecule has 2 heteroatoms. The van der Waals surface area contributed by atoms with E-state index in [0.717, 1.165) is 37.0 Å². The van der Waals surface area contributed by atoms with Crippen LogP contribution in [0.1, 0.15) is 132 Å². The van der Waals surface area contributed by atoms with Gasteiger partial charge in [-0.05, 0) is 17.8 Å². The molecule has 0 heterocycles. The van der Waals surface area contributed by atoms with Crippen molar-refractivity contribution in [2.75, 3.05) is 0 Å². The van der Waals surface area contributed by atoms with Gasteiger partial charge in [-0.25, -0.2) is 0 Å². The fraction of sp³-hybridized carbons (Fsp3) is 0.923. The first-order valence-electron chi connectivity index (χ1n) is 12.1. The average Bonchev–Trinajstić information content (AvgIpc) is 2.66. The maximum absolute atomic E-state index is 10.3. The third kappa shape index (κ3) is 31.4. The molecule has 1 nitrogen and oxygen atoms in total. The molecular formula is C26H54OU. The van der Waals surface area contributed by atoms with Crippen molar-refractivity contribution >= 4 is 6.29 Å². The Bertz CT molecular complexity index is 244. The molecule has 168 valence electrons. The fourth-order valence-corrected chi connectivity index (χ4v) is 3.04. The average molecular weight is 621 g/mol. The van der Waals surface area contributed by atoms with Crippen LogP contribution in [0.15, 0.2) is 0 Å². The summed E-state index contributed by atoms with van der Waals surface area (Å²) in [7, 11) is 0. The van der Waals surface area contributed by atoms with E-state index in [0.29, 0.717) is 0 Å². The van der Waals surface area contributed by atoms with Crippen molar-refractivity contribution in [2.45, 2.75) is 132 Å². The SMILES string of the molecule is CC.CC(C)C.CC(C)C1CCC([C-]=O)CC1.[CH2-]CCCCCCCCC.[U+2]. The van der Waals surface area contributed by atoms with Gasteiger partial charge in [0, 0.05) is 0 Å². The quantitative estimate of drug-likeness (QED) is 0.186. The van der Waals surface area contributed by atoms with Crippen LogP contribution in [0, 0.1) is 61.7 Å². The summed E-state index contributed by atoms with van der Waals surface area (Å²) in [5.41, 5.74) is 0. The van der Waals surface area contributed by atoms with E-state index in [4.69, 9.17) is 0 Å². The van der Waals surface area contributed by atoms with E-state index in [1.54, 1.807) is 0 Å². The van der Waals surface area contributed by atoms with Crippen molar-refractivity contribution in [2.24, 2.45) is 23.7 Å². The molecule has 0 amide bonds. The summed E-state index contributed by atoms with van der Waals surface area (Å²) < 4.78 is 0. The van der Waals surface area contributed by atoms with Gasteiger partial charge in [0.05, 0.1) is 0 Å². The molecule has 0 spiro atoms. The Morgan fingerprint density at radius 1 is 0.821 bits per heavy atom. The number of hydrogen-bond acceptors (Lipinski definition) is 1. The Kier molecular flexibility index (Phi) is 38.6. The molecule has 0 bridgehead atoms. The molecule has 1 aliphatic carbocycles. The predicted molar refractivity (Wildman–Crippen MR) is 126 cm³/mol. The second-order valence-electron chi connectivity index (χ2n) is 8.68. The molecule has 0 unspecified atom stereocenters. The van der Waals surface area contributed by atoms with Crippen molar-refractivity contribution < 1.29 is 35.9 Å². The first-order valence-corrected chi connectivity index (χ1v) is 12.1. The predicted octanol–water partition coefficient (Wildman–Crippen LogP) is 9.21. The van der Waals surface area contributed by atoms with Crippen LogP contribution < -0.4 is 0 Å². The van der Waals surface area contributed by atoms with E-state index < -0.39 is 0 Å². The van der Waals surface area contributed by atoms with Gasteiger partial charge in [-0.15, -0.1) is 5.92 Å². The molecule has 0 radical (unpaired) electrons. The molecule has 1 aliphatic rings. The maximum atomic E-state index is 10.3. The molecule has 0 saturated heterocycles. The Morgan fingerprint density at radius 2 is 1.21 bits per heavy atom. The van der Waals surface area contributed by atoms with E-state index in [2.05, 4.69) is 54.8 Å². The van der Waals surface area contributed by atoms with Gasteiger partial charge in [-0.2, -0.15) is 6.42 Å². The molecule has 1 fully saturated rings. The third-order valence-corrected chi connectivity index (χ3v) is 4.73. The standard InChI is InChI=1S/C10H17O.C10H21.C4H10.C2H6.U/c1-8(2)10-5-3-9(7-11)4-6-10;1-3-5-7-9-10-8-6-4-2;1-4(2)3;1-2;/h8-10H,3-6H2,1-2H3;1,3-10H2,2H3;4H,1-3H3;1-2H3;/q2*-1;;;+2. The van der Waals surface area contributed by atoms with E-state index in [1.165, 1.54) is 57.8 Å². The zero-order valence-electron chi connectivity index (χ0n) is 20.9. The normalized spacial score (nSPS) is 17.8. The summed E-state index contributed by atoms with van der Waals surface area (Å²) in [5, 5.41) is 0. The largest absolute Gasteiger partial charge is 2.00 e. The molecular weight excluding hydrogens is 566 g/mol. The van der Waals surface area contributed by atoms with Crippen LogP contribution in [0.4, 0.5) is 0 Å². The molecule has 0 atom stereocenters. The van der Waals surface area contributed by atoms with Crippen LogP contribution in [0.3, 0.4) is 0 Å². The second kappa shape index (κ2) is 29.9. The van der Waals surface area contributed by atoms with Crippen molar-refractivity contribution in [1.82, 2.24) is 0 Å². The van der Waals surface area contributed by atoms with Gasteiger partial charge in [0.1, 0.15) is 0 Å². The van der Waals surface area contributed by atoms with Gasteiger partial charge < -0.3 is 11.7 Å². The summed E-state index contributed by atoms with van der Waals surface area (Å²) in [5.74, 6) is 2.74. The van der Waals surface area contributed by atoms with Crippen molar-refractivity contribution in [3.63, 3.8) is 0 Å². The number of rotatable bonds is 9. The minimum Gasteiger partial charge on any atom is -0.542 e. The zero-order valence-corrected chi connectivity index (χ0v) is 25.1. The summed E-state index contributed by atoms with van der Waals surface area (Å²) in [6.45, 7) is 21.1. The first-order chi connectivity index (χ1) is 12.9. The van der Waals surface area contributed by atoms with Gasteiger partial charge in [-0.3, -0.25) is 6.29 Å². The molecule has 0 aliphatic heterocycles. The molecule has 1 saturated carbocycles. The molecule has 0 aromatic carbocycles. The monoisotopic (exact) mass is 620 g/mol. The summed E-state index contributed by atoms with van der Waals surface area (Å²) >= 11 is 0. The smallest absolute Gasteiger partial charge is 0.542 e. The van der Waals surface area contributed by atoms with Gasteiger partial charge in [0.15, 0.2) is 0 Å². The topological polar surface area (TPSA) is 17.1 Å². The van der Waals surface area contributed by atoms with Crippen molar-refractivity contribution in [1.29, 1.82) is 0 Å². The van der Waals surface area contributed by atoms with Crippen LogP contribution in [0.25, 0.3) is 0 Å². The Balaban J connectivity index is -0.000000157. The minimum atomic E-state index is 0. The molecule has 0 aromatic rings. The van der Waals surface area contributed by atoms with Crippen LogP contribution in [0.2, 0.25) is 0 Å². The third-order valence-electron chi connectivity index (χ3n) is 4.73. The van der Waals surface area contributed by atoms with Crippen LogP contribution in [-0.4, -0.2) is 6.29 Å². The zero-order chi connectivity index (χ0) is 21.5. The number of unbranched alkanes of at least 4 members (excludes halogenated alkanes) is 7. The Morgan fingerprint density at radius 3 is 1.54 bits per heavy atom. The van der Waals surface area contributed by atoms with Gasteiger partial charge in [0.2, 0.25) is 0 Å². The first kappa shape index (κ1) is 36.1. The number of carbonyl (C=O) groups excluding carboxylic acids is 1. The van der Waals surface area contributed by atoms with Gasteiger partial charge in [0.25, 0.3) is 0 Å². The fourth-order valence-electron chi connectivity index (χ4n) is 3.04. The van der Waals surface area contributed by atoms with Gasteiger partial charge >= 0.3 is 31.1 Å². The van der Waals surface area contributed by atoms with Crippen LogP contribution >= 0.6 is 0 Å². The molecule has 1 rings (SSSR count). The van der Waals surface area contributed by atoms with E-state index in [9.17, 15) is 4.79 Å². The van der Waals surface area contributed by atoms with Crippen molar-refractivity contribution in [3.05, 3.63) is 6.92 Å².